The summed E-state index contributed by atoms with van der Waals surface area (Å²) in [7, 11) is 0. The van der Waals surface area contributed by atoms with E-state index in [1.807, 2.05) is 0 Å². The highest BCUT2D eigenvalue weighted by Crippen LogP contribution is 2.43. The number of para-hydroxylation sites is 2. The lowest BCUT2D eigenvalue weighted by Gasteiger charge is -2.14. The predicted octanol–water partition coefficient (Wildman–Crippen LogP) is 17.9. The van der Waals surface area contributed by atoms with E-state index in [1.165, 1.54) is 116 Å². The van der Waals surface area contributed by atoms with Crippen molar-refractivity contribution < 1.29 is 0 Å². The molecule has 2 heteroatoms. The molecule has 0 saturated carbocycles. The molecule has 318 valence electrons. The molecule has 0 radical (unpaired) electrons. The topological polar surface area (TPSA) is 9.86 Å². The third-order valence-electron chi connectivity index (χ3n) is 13.7. The Morgan fingerprint density at radius 1 is 0.206 bits per heavy atom. The van der Waals surface area contributed by atoms with Crippen LogP contribution < -0.4 is 0 Å². The van der Waals surface area contributed by atoms with Crippen molar-refractivity contribution in [2.24, 2.45) is 0 Å². The summed E-state index contributed by atoms with van der Waals surface area (Å²) in [4.78, 5) is 0. The largest absolute Gasteiger partial charge is 0.309 e. The molecule has 0 saturated heterocycles. The summed E-state index contributed by atoms with van der Waals surface area (Å²) in [6.07, 6.45) is 0. The Bertz CT molecular complexity index is 4010. The minimum Gasteiger partial charge on any atom is -0.309 e. The first-order chi connectivity index (χ1) is 33.7. The van der Waals surface area contributed by atoms with Crippen LogP contribution in [0.4, 0.5) is 0 Å². The maximum atomic E-state index is 2.46. The van der Waals surface area contributed by atoms with E-state index in [2.05, 4.69) is 276 Å². The number of fused-ring (bicyclic) bond motifs is 6. The Morgan fingerprint density at radius 2 is 0.647 bits per heavy atom. The number of benzene rings is 11. The quantitative estimate of drug-likeness (QED) is 0.144. The third kappa shape index (κ3) is 6.73. The zero-order chi connectivity index (χ0) is 45.0. The summed E-state index contributed by atoms with van der Waals surface area (Å²) >= 11 is 0. The molecule has 13 aromatic rings. The molecular weight excluding hydrogens is 821 g/mol. The van der Waals surface area contributed by atoms with Gasteiger partial charge in [-0.3, -0.25) is 0 Å². The fraction of sp³-hybridized carbons (Fsp3) is 0. The van der Waals surface area contributed by atoms with Gasteiger partial charge >= 0.3 is 0 Å². The maximum Gasteiger partial charge on any atom is 0.0547 e. The Kier molecular flexibility index (Phi) is 9.54. The van der Waals surface area contributed by atoms with Crippen molar-refractivity contribution in [2.75, 3.05) is 0 Å². The lowest BCUT2D eigenvalue weighted by atomic mass is 9.94. The number of hydrogen-bond acceptors (Lipinski definition) is 0. The predicted molar refractivity (Wildman–Crippen MR) is 288 cm³/mol. The number of rotatable bonds is 8. The van der Waals surface area contributed by atoms with Crippen LogP contribution in [0.3, 0.4) is 0 Å². The van der Waals surface area contributed by atoms with E-state index < -0.39 is 0 Å². The second-order valence-electron chi connectivity index (χ2n) is 17.7. The standard InChI is InChI=1S/C66H44N2/c1-4-18-45(19-5-1)48-24-14-25-49(40-48)50-26-15-28-54(41-50)57-32-17-35-65-66(57)60-44-53(37-39-64(60)67(65)55-29-16-27-51(42-55)46-20-6-2-7-21-46)52-36-38-63-59(43-52)58-31-11-13-34-62(58)68(63)61-33-12-10-30-56(61)47-22-8-3-9-23-47/h1-44H. The van der Waals surface area contributed by atoms with Crippen LogP contribution in [-0.4, -0.2) is 9.13 Å². The first kappa shape index (κ1) is 39.4. The molecule has 0 aliphatic carbocycles. The molecular formula is C66H44N2. The van der Waals surface area contributed by atoms with Crippen molar-refractivity contribution in [2.45, 2.75) is 0 Å². The third-order valence-corrected chi connectivity index (χ3v) is 13.7. The van der Waals surface area contributed by atoms with Crippen molar-refractivity contribution >= 4 is 43.6 Å². The molecule has 0 spiro atoms. The fourth-order valence-electron chi connectivity index (χ4n) is 10.5. The van der Waals surface area contributed by atoms with Gasteiger partial charge in [-0.15, -0.1) is 0 Å². The lowest BCUT2D eigenvalue weighted by Crippen LogP contribution is -1.97. The Labute approximate surface area is 395 Å². The van der Waals surface area contributed by atoms with E-state index >= 15 is 0 Å². The van der Waals surface area contributed by atoms with Crippen LogP contribution >= 0.6 is 0 Å². The van der Waals surface area contributed by atoms with Gasteiger partial charge in [0.1, 0.15) is 0 Å². The summed E-state index contributed by atoms with van der Waals surface area (Å²) in [5, 5.41) is 4.92. The van der Waals surface area contributed by atoms with Crippen LogP contribution in [0, 0.1) is 0 Å². The fourth-order valence-corrected chi connectivity index (χ4v) is 10.5. The van der Waals surface area contributed by atoms with Crippen molar-refractivity contribution in [1.82, 2.24) is 9.13 Å². The zero-order valence-electron chi connectivity index (χ0n) is 37.3. The van der Waals surface area contributed by atoms with Gasteiger partial charge < -0.3 is 9.13 Å². The first-order valence-electron chi connectivity index (χ1n) is 23.4. The van der Waals surface area contributed by atoms with Gasteiger partial charge in [-0.2, -0.15) is 0 Å². The monoisotopic (exact) mass is 864 g/mol. The van der Waals surface area contributed by atoms with Crippen LogP contribution in [0.2, 0.25) is 0 Å². The van der Waals surface area contributed by atoms with Gasteiger partial charge in [0.25, 0.3) is 0 Å². The van der Waals surface area contributed by atoms with E-state index in [0.29, 0.717) is 0 Å². The second kappa shape index (κ2) is 16.5. The van der Waals surface area contributed by atoms with Crippen molar-refractivity contribution in [1.29, 1.82) is 0 Å². The first-order valence-corrected chi connectivity index (χ1v) is 23.4. The Balaban J connectivity index is 1.00. The Morgan fingerprint density at radius 3 is 1.35 bits per heavy atom. The normalized spacial score (nSPS) is 11.5. The molecule has 2 heterocycles. The molecule has 0 aliphatic rings. The molecule has 11 aromatic carbocycles. The highest BCUT2D eigenvalue weighted by atomic mass is 15.0. The van der Waals surface area contributed by atoms with E-state index in [9.17, 15) is 0 Å². The van der Waals surface area contributed by atoms with Gasteiger partial charge in [0.15, 0.2) is 0 Å². The molecule has 0 bridgehead atoms. The minimum absolute atomic E-state index is 1.13. The molecule has 0 N–H and O–H groups in total. The zero-order valence-corrected chi connectivity index (χ0v) is 37.3. The van der Waals surface area contributed by atoms with Crippen LogP contribution in [0.15, 0.2) is 267 Å². The Hall–Kier alpha value is -8.98. The lowest BCUT2D eigenvalue weighted by molar-refractivity contribution is 1.18. The number of aromatic nitrogens is 2. The number of hydrogen-bond donors (Lipinski definition) is 0. The molecule has 13 rings (SSSR count). The average molecular weight is 865 g/mol. The summed E-state index contributed by atoms with van der Waals surface area (Å²) < 4.78 is 4.90. The van der Waals surface area contributed by atoms with Crippen LogP contribution in [0.1, 0.15) is 0 Å². The van der Waals surface area contributed by atoms with Gasteiger partial charge in [-0.1, -0.05) is 200 Å². The van der Waals surface area contributed by atoms with Crippen LogP contribution in [0.25, 0.3) is 122 Å². The summed E-state index contributed by atoms with van der Waals surface area (Å²) in [5.41, 5.74) is 21.4. The SMILES string of the molecule is c1ccc(-c2cccc(-c3cccc(-c4cccc5c4c4cc(-c6ccc7c(c6)c6ccccc6n7-c6ccccc6-c6ccccc6)ccc4n5-c4cccc(-c5ccccc5)c4)c3)c2)cc1. The molecule has 0 unspecified atom stereocenters. The highest BCUT2D eigenvalue weighted by molar-refractivity contribution is 6.17. The van der Waals surface area contributed by atoms with Gasteiger partial charge in [-0.05, 0) is 128 Å². The van der Waals surface area contributed by atoms with E-state index in [-0.39, 0.29) is 0 Å². The smallest absolute Gasteiger partial charge is 0.0547 e. The molecule has 0 fully saturated rings. The highest BCUT2D eigenvalue weighted by Gasteiger charge is 2.20. The van der Waals surface area contributed by atoms with Gasteiger partial charge in [0.05, 0.1) is 27.8 Å². The van der Waals surface area contributed by atoms with Gasteiger partial charge in [0, 0.05) is 32.8 Å². The molecule has 0 amide bonds. The van der Waals surface area contributed by atoms with Gasteiger partial charge in [0.2, 0.25) is 0 Å². The average Bonchev–Trinajstić information content (AvgIpc) is 3.94. The van der Waals surface area contributed by atoms with E-state index in [1.54, 1.807) is 0 Å². The molecule has 2 nitrogen and oxygen atoms in total. The van der Waals surface area contributed by atoms with Crippen LogP contribution in [0.5, 0.6) is 0 Å². The molecule has 68 heavy (non-hydrogen) atoms. The summed E-state index contributed by atoms with van der Waals surface area (Å²) in [6.45, 7) is 0. The van der Waals surface area contributed by atoms with E-state index in [4.69, 9.17) is 0 Å². The van der Waals surface area contributed by atoms with Gasteiger partial charge in [-0.25, -0.2) is 0 Å². The molecule has 2 aromatic heterocycles. The summed E-state index contributed by atoms with van der Waals surface area (Å²) in [6, 6.07) is 97.5. The van der Waals surface area contributed by atoms with Crippen molar-refractivity contribution in [3.05, 3.63) is 267 Å². The van der Waals surface area contributed by atoms with Crippen LogP contribution in [-0.2, 0) is 0 Å². The minimum atomic E-state index is 1.13. The molecule has 0 atom stereocenters. The van der Waals surface area contributed by atoms with Crippen molar-refractivity contribution in [3.8, 4) is 78.1 Å². The number of nitrogens with zero attached hydrogens (tertiary/aromatic N) is 2. The second-order valence-corrected chi connectivity index (χ2v) is 17.7. The van der Waals surface area contributed by atoms with E-state index in [0.717, 1.165) is 5.69 Å². The summed E-state index contributed by atoms with van der Waals surface area (Å²) in [5.74, 6) is 0. The van der Waals surface area contributed by atoms with Crippen molar-refractivity contribution in [3.63, 3.8) is 0 Å². The maximum absolute atomic E-state index is 2.46. The molecule has 0 aliphatic heterocycles.